The van der Waals surface area contributed by atoms with Crippen LogP contribution >= 0.6 is 0 Å². The molecule has 1 aromatic rings. The molecule has 6 heteroatoms. The van der Waals surface area contributed by atoms with Crippen LogP contribution in [0, 0.1) is 0 Å². The number of rotatable bonds is 5. The molecule has 4 aliphatic rings. The first kappa shape index (κ1) is 22.2. The minimum Gasteiger partial charge on any atom is -0.388 e. The van der Waals surface area contributed by atoms with Crippen molar-refractivity contribution >= 4 is 6.03 Å². The topological polar surface area (TPSA) is 59.0 Å². The summed E-state index contributed by atoms with van der Waals surface area (Å²) in [5.41, 5.74) is 0.559. The number of nitrogens with zero attached hydrogens (tertiary/aromatic N) is 3. The van der Waals surface area contributed by atoms with Gasteiger partial charge in [-0.15, -0.1) is 0 Å². The van der Waals surface area contributed by atoms with E-state index in [-0.39, 0.29) is 17.1 Å². The Bertz CT molecular complexity index is 808. The van der Waals surface area contributed by atoms with E-state index < -0.39 is 5.60 Å². The Hall–Kier alpha value is -1.63. The minimum absolute atomic E-state index is 0.0107. The molecule has 176 valence electrons. The van der Waals surface area contributed by atoms with E-state index in [0.717, 1.165) is 77.4 Å². The van der Waals surface area contributed by atoms with Crippen molar-refractivity contribution in [3.8, 4) is 0 Å². The van der Waals surface area contributed by atoms with Crippen molar-refractivity contribution in [1.82, 2.24) is 20.0 Å². The third-order valence-corrected chi connectivity index (χ3v) is 9.18. The first-order valence-electron chi connectivity index (χ1n) is 12.6. The van der Waals surface area contributed by atoms with Gasteiger partial charge in [-0.1, -0.05) is 30.3 Å². The van der Waals surface area contributed by atoms with Crippen LogP contribution in [0.25, 0.3) is 0 Å². The molecule has 32 heavy (non-hydrogen) atoms. The third-order valence-electron chi connectivity index (χ3n) is 9.18. The molecule has 0 atom stereocenters. The standard InChI is InChI=1S/C26H40N4O2/c1-28(2)26(21-7-4-3-5-8-21)15-13-24(14-16-26)19-29(22-9-17-27-18-10-22)23(31)30(24)20-25(32)11-6-12-25/h3-5,7-8,22,27,32H,6,9-20H2,1-2H3. The second kappa shape index (κ2) is 8.30. The maximum Gasteiger partial charge on any atom is 0.320 e. The van der Waals surface area contributed by atoms with E-state index in [1.807, 2.05) is 0 Å². The van der Waals surface area contributed by atoms with E-state index in [0.29, 0.717) is 12.6 Å². The smallest absolute Gasteiger partial charge is 0.320 e. The fourth-order valence-corrected chi connectivity index (χ4v) is 6.80. The predicted octanol–water partition coefficient (Wildman–Crippen LogP) is 3.16. The van der Waals surface area contributed by atoms with Gasteiger partial charge >= 0.3 is 6.03 Å². The summed E-state index contributed by atoms with van der Waals surface area (Å²) >= 11 is 0. The fourth-order valence-electron chi connectivity index (χ4n) is 6.80. The third kappa shape index (κ3) is 3.64. The lowest BCUT2D eigenvalue weighted by Crippen LogP contribution is -2.59. The highest BCUT2D eigenvalue weighted by Crippen LogP contribution is 2.50. The zero-order chi connectivity index (χ0) is 22.4. The molecule has 0 radical (unpaired) electrons. The summed E-state index contributed by atoms with van der Waals surface area (Å²) in [6, 6.07) is 11.4. The SMILES string of the molecule is CN(C)C1(c2ccccc2)CCC2(CC1)CN(C1CCNCC1)C(=O)N2CC1(O)CCC1. The van der Waals surface area contributed by atoms with Crippen LogP contribution in [0.15, 0.2) is 30.3 Å². The molecule has 1 spiro atoms. The number of amides is 2. The molecule has 0 unspecified atom stereocenters. The zero-order valence-corrected chi connectivity index (χ0v) is 19.9. The second-order valence-electron chi connectivity index (χ2n) is 11.1. The van der Waals surface area contributed by atoms with Gasteiger partial charge in [0.15, 0.2) is 0 Å². The lowest BCUT2D eigenvalue weighted by molar-refractivity contribution is -0.0725. The van der Waals surface area contributed by atoms with Crippen LogP contribution in [0.1, 0.15) is 63.4 Å². The van der Waals surface area contributed by atoms with Crippen LogP contribution in [-0.2, 0) is 5.54 Å². The maximum atomic E-state index is 13.8. The van der Waals surface area contributed by atoms with Crippen LogP contribution < -0.4 is 5.32 Å². The molecule has 2 N–H and O–H groups in total. The number of nitrogens with one attached hydrogen (secondary N) is 1. The van der Waals surface area contributed by atoms with E-state index in [1.165, 1.54) is 5.56 Å². The first-order valence-corrected chi connectivity index (χ1v) is 12.6. The Labute approximate surface area is 192 Å². The largest absolute Gasteiger partial charge is 0.388 e. The van der Waals surface area contributed by atoms with Crippen molar-refractivity contribution in [2.45, 2.75) is 80.5 Å². The van der Waals surface area contributed by atoms with Gasteiger partial charge in [-0.25, -0.2) is 4.79 Å². The number of aliphatic hydroxyl groups is 1. The second-order valence-corrected chi connectivity index (χ2v) is 11.1. The summed E-state index contributed by atoms with van der Waals surface area (Å²) in [5.74, 6) is 0. The average Bonchev–Trinajstić information content (AvgIpc) is 3.06. The monoisotopic (exact) mass is 440 g/mol. The summed E-state index contributed by atoms with van der Waals surface area (Å²) in [6.45, 7) is 3.31. The average molecular weight is 441 g/mol. The molecule has 2 saturated carbocycles. The van der Waals surface area contributed by atoms with Gasteiger partial charge in [-0.2, -0.15) is 0 Å². The summed E-state index contributed by atoms with van der Waals surface area (Å²) in [5, 5.41) is 14.5. The number of urea groups is 1. The van der Waals surface area contributed by atoms with Gasteiger partial charge in [0.25, 0.3) is 0 Å². The number of hydrogen-bond acceptors (Lipinski definition) is 4. The van der Waals surface area contributed by atoms with Gasteiger partial charge in [0, 0.05) is 18.1 Å². The highest BCUT2D eigenvalue weighted by Gasteiger charge is 2.57. The minimum atomic E-state index is -0.678. The van der Waals surface area contributed by atoms with E-state index >= 15 is 0 Å². The van der Waals surface area contributed by atoms with Crippen molar-refractivity contribution in [2.75, 3.05) is 40.3 Å². The van der Waals surface area contributed by atoms with Crippen LogP contribution in [0.4, 0.5) is 4.79 Å². The van der Waals surface area contributed by atoms with Gasteiger partial charge < -0.3 is 20.2 Å². The molecule has 2 saturated heterocycles. The number of hydrogen-bond donors (Lipinski definition) is 2. The van der Waals surface area contributed by atoms with E-state index in [1.54, 1.807) is 0 Å². The van der Waals surface area contributed by atoms with Crippen molar-refractivity contribution < 1.29 is 9.90 Å². The lowest BCUT2D eigenvalue weighted by Gasteiger charge is -2.52. The number of piperidine rings is 1. The molecular formula is C26H40N4O2. The Morgan fingerprint density at radius 1 is 1.03 bits per heavy atom. The Morgan fingerprint density at radius 2 is 1.69 bits per heavy atom. The van der Waals surface area contributed by atoms with Crippen molar-refractivity contribution in [2.24, 2.45) is 0 Å². The fraction of sp³-hybridized carbons (Fsp3) is 0.731. The normalized spacial score (nSPS) is 33.2. The van der Waals surface area contributed by atoms with E-state index in [9.17, 15) is 9.90 Å². The molecule has 5 rings (SSSR count). The number of carbonyl (C=O) groups excluding carboxylic acids is 1. The Morgan fingerprint density at radius 3 is 2.25 bits per heavy atom. The summed E-state index contributed by atoms with van der Waals surface area (Å²) in [4.78, 5) is 20.5. The quantitative estimate of drug-likeness (QED) is 0.739. The van der Waals surface area contributed by atoms with Gasteiger partial charge in [0.05, 0.1) is 17.7 Å². The van der Waals surface area contributed by atoms with Gasteiger partial charge in [-0.3, -0.25) is 4.90 Å². The maximum absolute atomic E-state index is 13.8. The summed E-state index contributed by atoms with van der Waals surface area (Å²) in [6.07, 6.45) is 8.83. The molecule has 2 aliphatic carbocycles. The molecule has 2 amide bonds. The highest BCUT2D eigenvalue weighted by molar-refractivity contribution is 5.79. The van der Waals surface area contributed by atoms with Crippen molar-refractivity contribution in [1.29, 1.82) is 0 Å². The molecular weight excluding hydrogens is 400 g/mol. The number of β-amino-alcohol motifs (C(OH)–C–C–N with tert-alkyl or cyclic N) is 1. The van der Waals surface area contributed by atoms with Crippen molar-refractivity contribution in [3.05, 3.63) is 35.9 Å². The van der Waals surface area contributed by atoms with Gasteiger partial charge in [0.1, 0.15) is 0 Å². The Kier molecular flexibility index (Phi) is 5.75. The summed E-state index contributed by atoms with van der Waals surface area (Å²) in [7, 11) is 4.39. The number of benzene rings is 1. The summed E-state index contributed by atoms with van der Waals surface area (Å²) < 4.78 is 0. The molecule has 0 bridgehead atoms. The molecule has 2 heterocycles. The van der Waals surface area contributed by atoms with Crippen molar-refractivity contribution in [3.63, 3.8) is 0 Å². The molecule has 4 fully saturated rings. The zero-order valence-electron chi connectivity index (χ0n) is 19.9. The van der Waals surface area contributed by atoms with Gasteiger partial charge in [0.2, 0.25) is 0 Å². The van der Waals surface area contributed by atoms with Crippen LogP contribution in [0.3, 0.4) is 0 Å². The van der Waals surface area contributed by atoms with E-state index in [4.69, 9.17) is 0 Å². The predicted molar refractivity (Wildman–Crippen MR) is 127 cm³/mol. The molecule has 0 aromatic heterocycles. The van der Waals surface area contributed by atoms with Crippen LogP contribution in [0.5, 0.6) is 0 Å². The van der Waals surface area contributed by atoms with E-state index in [2.05, 4.69) is 64.4 Å². The van der Waals surface area contributed by atoms with Crippen LogP contribution in [-0.4, -0.2) is 83.3 Å². The first-order chi connectivity index (χ1) is 15.4. The molecule has 6 nitrogen and oxygen atoms in total. The van der Waals surface area contributed by atoms with Gasteiger partial charge in [-0.05, 0) is 90.5 Å². The number of carbonyl (C=O) groups is 1. The highest BCUT2D eigenvalue weighted by atomic mass is 16.3. The Balaban J connectivity index is 1.42. The molecule has 2 aliphatic heterocycles. The van der Waals surface area contributed by atoms with Crippen LogP contribution in [0.2, 0.25) is 0 Å². The molecule has 1 aromatic carbocycles. The lowest BCUT2D eigenvalue weighted by atomic mass is 9.67.